The van der Waals surface area contributed by atoms with E-state index in [1.807, 2.05) is 73.1 Å². The second-order valence-electron chi connectivity index (χ2n) is 8.23. The molecular weight excluding hydrogens is 454 g/mol. The van der Waals surface area contributed by atoms with Gasteiger partial charge in [0.15, 0.2) is 0 Å². The van der Waals surface area contributed by atoms with E-state index in [-0.39, 0.29) is 0 Å². The highest BCUT2D eigenvalue weighted by Gasteiger charge is 2.13. The third kappa shape index (κ3) is 4.11. The Kier molecular flexibility index (Phi) is 5.30. The molecule has 0 fully saturated rings. The van der Waals surface area contributed by atoms with Gasteiger partial charge < -0.3 is 19.7 Å². The molecule has 2 aromatic carbocycles. The third-order valence-electron chi connectivity index (χ3n) is 5.81. The molecule has 10 heteroatoms. The Labute approximate surface area is 206 Å². The maximum Gasteiger partial charge on any atom is 0.263 e. The molecule has 0 aliphatic carbocycles. The molecule has 4 heterocycles. The van der Waals surface area contributed by atoms with Crippen molar-refractivity contribution in [3.8, 4) is 16.9 Å². The van der Waals surface area contributed by atoms with Crippen LogP contribution in [-0.4, -0.2) is 34.6 Å². The lowest BCUT2D eigenvalue weighted by Crippen LogP contribution is -2.01. The average Bonchev–Trinajstić information content (AvgIpc) is 3.57. The summed E-state index contributed by atoms with van der Waals surface area (Å²) in [5.74, 6) is 1.14. The topological polar surface area (TPSA) is 119 Å². The highest BCUT2D eigenvalue weighted by molar-refractivity contribution is 5.89. The molecule has 0 bridgehead atoms. The van der Waals surface area contributed by atoms with Gasteiger partial charge in [0, 0.05) is 41.2 Å². The second kappa shape index (κ2) is 8.91. The van der Waals surface area contributed by atoms with Crippen molar-refractivity contribution in [1.29, 1.82) is 0 Å². The van der Waals surface area contributed by atoms with Gasteiger partial charge in [0.25, 0.3) is 5.71 Å². The quantitative estimate of drug-likeness (QED) is 0.328. The maximum atomic E-state index is 5.26. The van der Waals surface area contributed by atoms with Gasteiger partial charge in [-0.2, -0.15) is 4.98 Å². The zero-order valence-corrected chi connectivity index (χ0v) is 19.5. The van der Waals surface area contributed by atoms with Crippen molar-refractivity contribution >= 4 is 34.2 Å². The lowest BCUT2D eigenvalue weighted by Gasteiger charge is -2.13. The highest BCUT2D eigenvalue weighted by Crippen LogP contribution is 2.29. The van der Waals surface area contributed by atoms with Gasteiger partial charge in [0.05, 0.1) is 17.7 Å². The number of rotatable bonds is 6. The van der Waals surface area contributed by atoms with Crippen LogP contribution in [0.3, 0.4) is 0 Å². The van der Waals surface area contributed by atoms with E-state index in [4.69, 9.17) is 9.51 Å². The number of fused-ring (bicyclic) bond motifs is 1. The van der Waals surface area contributed by atoms with Crippen molar-refractivity contribution in [3.63, 3.8) is 0 Å². The Hall–Kier alpha value is -5.12. The van der Waals surface area contributed by atoms with Crippen molar-refractivity contribution in [2.75, 3.05) is 10.6 Å². The predicted octanol–water partition coefficient (Wildman–Crippen LogP) is 5.36. The van der Waals surface area contributed by atoms with Crippen LogP contribution in [0.1, 0.15) is 11.3 Å². The lowest BCUT2D eigenvalue weighted by atomic mass is 10.1. The molecule has 0 saturated carbocycles. The normalized spacial score (nSPS) is 11.1. The van der Waals surface area contributed by atoms with Crippen molar-refractivity contribution in [3.05, 3.63) is 91.0 Å². The Balaban J connectivity index is 1.24. The minimum absolute atomic E-state index is 0.445. The molecule has 6 rings (SSSR count). The fourth-order valence-corrected chi connectivity index (χ4v) is 3.90. The minimum Gasteiger partial charge on any atom is -0.339 e. The summed E-state index contributed by atoms with van der Waals surface area (Å²) in [6.07, 6.45) is 8.63. The smallest absolute Gasteiger partial charge is 0.263 e. The first-order chi connectivity index (χ1) is 17.6. The van der Waals surface area contributed by atoms with Crippen LogP contribution in [0.25, 0.3) is 28.0 Å². The SMILES string of the molecule is Cc1ccc(Nc2nccc(-c3ccc(-n4ccnc4)cc3)n2)cc1Nc1ncnc2onc(C)c12. The third-order valence-corrected chi connectivity index (χ3v) is 5.81. The average molecular weight is 476 g/mol. The summed E-state index contributed by atoms with van der Waals surface area (Å²) >= 11 is 0. The molecule has 0 amide bonds. The van der Waals surface area contributed by atoms with Crippen molar-refractivity contribution in [2.24, 2.45) is 0 Å². The zero-order valence-electron chi connectivity index (χ0n) is 19.5. The van der Waals surface area contributed by atoms with E-state index >= 15 is 0 Å². The van der Waals surface area contributed by atoms with Crippen LogP contribution < -0.4 is 10.6 Å². The van der Waals surface area contributed by atoms with Crippen molar-refractivity contribution in [2.45, 2.75) is 13.8 Å². The van der Waals surface area contributed by atoms with Gasteiger partial charge in [-0.05, 0) is 49.7 Å². The first-order valence-electron chi connectivity index (χ1n) is 11.3. The largest absolute Gasteiger partial charge is 0.339 e. The molecule has 0 unspecified atom stereocenters. The zero-order chi connectivity index (χ0) is 24.5. The molecule has 0 atom stereocenters. The molecular formula is C26H21N9O. The van der Waals surface area contributed by atoms with Gasteiger partial charge in [0.1, 0.15) is 17.5 Å². The minimum atomic E-state index is 0.445. The molecule has 2 N–H and O–H groups in total. The van der Waals surface area contributed by atoms with E-state index in [9.17, 15) is 0 Å². The molecule has 0 aliphatic heterocycles. The predicted molar refractivity (Wildman–Crippen MR) is 137 cm³/mol. The Morgan fingerprint density at radius 3 is 2.61 bits per heavy atom. The number of hydrogen-bond acceptors (Lipinski definition) is 9. The van der Waals surface area contributed by atoms with Gasteiger partial charge >= 0.3 is 0 Å². The molecule has 10 nitrogen and oxygen atoms in total. The fraction of sp³-hybridized carbons (Fsp3) is 0.0769. The first kappa shape index (κ1) is 21.4. The number of hydrogen-bond donors (Lipinski definition) is 2. The van der Waals surface area contributed by atoms with Crippen LogP contribution in [0.5, 0.6) is 0 Å². The Bertz CT molecular complexity index is 1660. The highest BCUT2D eigenvalue weighted by atomic mass is 16.5. The number of nitrogens with zero attached hydrogens (tertiary/aromatic N) is 7. The second-order valence-corrected chi connectivity index (χ2v) is 8.23. The van der Waals surface area contributed by atoms with Gasteiger partial charge in [0.2, 0.25) is 5.95 Å². The van der Waals surface area contributed by atoms with E-state index in [1.165, 1.54) is 6.33 Å². The summed E-state index contributed by atoms with van der Waals surface area (Å²) in [6, 6.07) is 16.0. The number of aryl methyl sites for hydroxylation is 2. The van der Waals surface area contributed by atoms with Gasteiger partial charge in [-0.3, -0.25) is 0 Å². The molecule has 176 valence electrons. The van der Waals surface area contributed by atoms with Crippen LogP contribution in [0.2, 0.25) is 0 Å². The van der Waals surface area contributed by atoms with Crippen LogP contribution in [-0.2, 0) is 0 Å². The number of benzene rings is 2. The van der Waals surface area contributed by atoms with Gasteiger partial charge in [-0.15, -0.1) is 0 Å². The lowest BCUT2D eigenvalue weighted by molar-refractivity contribution is 0.442. The fourth-order valence-electron chi connectivity index (χ4n) is 3.90. The van der Waals surface area contributed by atoms with E-state index in [0.29, 0.717) is 17.5 Å². The monoisotopic (exact) mass is 475 g/mol. The molecule has 6 aromatic rings. The number of aromatic nitrogens is 7. The van der Waals surface area contributed by atoms with Crippen LogP contribution in [0, 0.1) is 13.8 Å². The van der Waals surface area contributed by atoms with Crippen molar-refractivity contribution < 1.29 is 4.52 Å². The van der Waals surface area contributed by atoms with Crippen LogP contribution >= 0.6 is 0 Å². The summed E-state index contributed by atoms with van der Waals surface area (Å²) in [4.78, 5) is 21.7. The Morgan fingerprint density at radius 2 is 1.78 bits per heavy atom. The van der Waals surface area contributed by atoms with Crippen LogP contribution in [0.15, 0.2) is 84.3 Å². The van der Waals surface area contributed by atoms with E-state index < -0.39 is 0 Å². The van der Waals surface area contributed by atoms with E-state index in [0.717, 1.165) is 45.0 Å². The van der Waals surface area contributed by atoms with Crippen molar-refractivity contribution in [1.82, 2.24) is 34.6 Å². The number of anilines is 4. The molecule has 0 spiro atoms. The summed E-state index contributed by atoms with van der Waals surface area (Å²) < 4.78 is 7.21. The summed E-state index contributed by atoms with van der Waals surface area (Å²) in [7, 11) is 0. The molecule has 0 radical (unpaired) electrons. The summed E-state index contributed by atoms with van der Waals surface area (Å²) in [5, 5.41) is 11.4. The van der Waals surface area contributed by atoms with E-state index in [2.05, 4.69) is 35.7 Å². The Morgan fingerprint density at radius 1 is 0.889 bits per heavy atom. The van der Waals surface area contributed by atoms with Gasteiger partial charge in [-0.1, -0.05) is 23.4 Å². The molecule has 4 aromatic heterocycles. The number of nitrogens with one attached hydrogen (secondary N) is 2. The molecule has 36 heavy (non-hydrogen) atoms. The maximum absolute atomic E-state index is 5.26. The standard InChI is InChI=1S/C26H21N9O/c1-16-3-6-19(13-22(16)32-24-23-17(2)34-36-25(23)30-14-29-24)31-26-28-10-9-21(33-26)18-4-7-20(8-5-18)35-12-11-27-15-35/h3-15H,1-2H3,(H,28,31,33)(H,29,30,32). The van der Waals surface area contributed by atoms with E-state index in [1.54, 1.807) is 18.7 Å². The molecule has 0 aliphatic rings. The van der Waals surface area contributed by atoms with Crippen LogP contribution in [0.4, 0.5) is 23.1 Å². The first-order valence-corrected chi connectivity index (χ1v) is 11.3. The van der Waals surface area contributed by atoms with Gasteiger partial charge in [-0.25, -0.2) is 19.9 Å². The molecule has 0 saturated heterocycles. The summed E-state index contributed by atoms with van der Waals surface area (Å²) in [5.41, 5.74) is 6.78. The number of imidazole rings is 1. The summed E-state index contributed by atoms with van der Waals surface area (Å²) in [6.45, 7) is 3.89.